The molecule has 1 aromatic heterocycles. The van der Waals surface area contributed by atoms with Crippen LogP contribution in [-0.4, -0.2) is 13.7 Å². The van der Waals surface area contributed by atoms with Gasteiger partial charge in [0.05, 0.1) is 0 Å². The largest absolute Gasteiger partial charge is 0.336 e. The van der Waals surface area contributed by atoms with Crippen molar-refractivity contribution in [3.05, 3.63) is 56.8 Å². The molecule has 1 aromatic rings. The zero-order valence-corrected chi connectivity index (χ0v) is 10.5. The van der Waals surface area contributed by atoms with Gasteiger partial charge in [0, 0.05) is 20.1 Å². The molecule has 6 heteroatoms. The van der Waals surface area contributed by atoms with Crippen LogP contribution in [0, 0.1) is 0 Å². The Morgan fingerprint density at radius 1 is 0.889 bits per heavy atom. The molecule has 0 saturated heterocycles. The maximum absolute atomic E-state index is 12.0. The molecule has 0 aliphatic heterocycles. The molecule has 0 radical (unpaired) electrons. The zero-order chi connectivity index (χ0) is 13.7. The number of nitrogens with zero attached hydrogens (tertiary/aromatic N) is 3. The first-order valence-electron chi connectivity index (χ1n) is 5.67. The Balaban J connectivity index is 3.44. The summed E-state index contributed by atoms with van der Waals surface area (Å²) < 4.78 is 3.03. The van der Waals surface area contributed by atoms with E-state index in [-0.39, 0.29) is 13.1 Å². The molecule has 0 bridgehead atoms. The molecule has 0 amide bonds. The van der Waals surface area contributed by atoms with Crippen LogP contribution in [0.2, 0.25) is 0 Å². The van der Waals surface area contributed by atoms with E-state index >= 15 is 0 Å². The highest BCUT2D eigenvalue weighted by Gasteiger charge is 2.11. The summed E-state index contributed by atoms with van der Waals surface area (Å²) in [5.41, 5.74) is -1.77. The van der Waals surface area contributed by atoms with Gasteiger partial charge in [-0.05, 0) is 12.8 Å². The fourth-order valence-corrected chi connectivity index (χ4v) is 1.58. The molecule has 6 nitrogen and oxygen atoms in total. The zero-order valence-electron chi connectivity index (χ0n) is 10.5. The lowest BCUT2D eigenvalue weighted by molar-refractivity contribution is 0.475. The fourth-order valence-electron chi connectivity index (χ4n) is 1.58. The Labute approximate surface area is 104 Å². The van der Waals surface area contributed by atoms with Gasteiger partial charge in [-0.15, -0.1) is 13.2 Å². The molecule has 0 spiro atoms. The highest BCUT2D eigenvalue weighted by molar-refractivity contribution is 4.80. The number of aromatic nitrogens is 3. The number of allylic oxidation sites excluding steroid dienone is 2. The minimum absolute atomic E-state index is 0.226. The third-order valence-electron chi connectivity index (χ3n) is 2.61. The standard InChI is InChI=1S/C12H17N3O3/c1-4-6-8-14-10(16)13(3)11(17)15(12(14)18)9-7-5-2/h4-5H,1-2,6-9H2,3H3. The van der Waals surface area contributed by atoms with Crippen LogP contribution in [0.15, 0.2) is 39.7 Å². The van der Waals surface area contributed by atoms with E-state index in [0.717, 1.165) is 13.7 Å². The van der Waals surface area contributed by atoms with Crippen molar-refractivity contribution in [2.24, 2.45) is 7.05 Å². The summed E-state index contributed by atoms with van der Waals surface area (Å²) in [6.07, 6.45) is 4.22. The maximum Gasteiger partial charge on any atom is 0.336 e. The van der Waals surface area contributed by atoms with Gasteiger partial charge in [-0.1, -0.05) is 12.2 Å². The number of hydrogen-bond acceptors (Lipinski definition) is 3. The molecule has 0 saturated carbocycles. The van der Waals surface area contributed by atoms with Crippen molar-refractivity contribution in [3.63, 3.8) is 0 Å². The van der Waals surface area contributed by atoms with Crippen molar-refractivity contribution in [2.75, 3.05) is 0 Å². The summed E-state index contributed by atoms with van der Waals surface area (Å²) in [7, 11) is 1.36. The summed E-state index contributed by atoms with van der Waals surface area (Å²) in [6.45, 7) is 7.53. The van der Waals surface area contributed by atoms with Crippen LogP contribution in [0.5, 0.6) is 0 Å². The molecule has 1 heterocycles. The van der Waals surface area contributed by atoms with Crippen molar-refractivity contribution in [1.82, 2.24) is 13.7 Å². The van der Waals surface area contributed by atoms with Crippen LogP contribution in [-0.2, 0) is 20.1 Å². The molecule has 0 unspecified atom stereocenters. The second-order valence-corrected chi connectivity index (χ2v) is 3.86. The molecule has 0 atom stereocenters. The molecule has 0 aliphatic rings. The molecule has 98 valence electrons. The SMILES string of the molecule is C=CCCn1c(=O)n(C)c(=O)n(CCC=C)c1=O. The van der Waals surface area contributed by atoms with Gasteiger partial charge in [0.15, 0.2) is 0 Å². The van der Waals surface area contributed by atoms with Gasteiger partial charge in [-0.3, -0.25) is 0 Å². The Kier molecular flexibility index (Phi) is 4.65. The van der Waals surface area contributed by atoms with E-state index in [2.05, 4.69) is 13.2 Å². The molecule has 0 N–H and O–H groups in total. The van der Waals surface area contributed by atoms with Gasteiger partial charge in [0.1, 0.15) is 0 Å². The fraction of sp³-hybridized carbons (Fsp3) is 0.417. The van der Waals surface area contributed by atoms with Gasteiger partial charge in [-0.25, -0.2) is 28.1 Å². The van der Waals surface area contributed by atoms with E-state index in [0.29, 0.717) is 12.8 Å². The lowest BCUT2D eigenvalue weighted by Gasteiger charge is -2.10. The van der Waals surface area contributed by atoms with Crippen LogP contribution >= 0.6 is 0 Å². The third-order valence-corrected chi connectivity index (χ3v) is 2.61. The topological polar surface area (TPSA) is 66.0 Å². The van der Waals surface area contributed by atoms with Gasteiger partial charge in [0.25, 0.3) is 0 Å². The molecule has 0 aliphatic carbocycles. The summed E-state index contributed by atoms with van der Waals surface area (Å²) >= 11 is 0. The molecular formula is C12H17N3O3. The van der Waals surface area contributed by atoms with E-state index in [1.807, 2.05) is 0 Å². The first-order chi connectivity index (χ1) is 8.54. The van der Waals surface area contributed by atoms with E-state index in [1.54, 1.807) is 12.2 Å². The number of hydrogen-bond donors (Lipinski definition) is 0. The minimum Gasteiger partial charge on any atom is -0.248 e. The molecular weight excluding hydrogens is 234 g/mol. The highest BCUT2D eigenvalue weighted by Crippen LogP contribution is 1.85. The molecule has 0 fully saturated rings. The minimum atomic E-state index is -0.596. The van der Waals surface area contributed by atoms with Crippen molar-refractivity contribution < 1.29 is 0 Å². The smallest absolute Gasteiger partial charge is 0.248 e. The van der Waals surface area contributed by atoms with Crippen LogP contribution in [0.25, 0.3) is 0 Å². The van der Waals surface area contributed by atoms with Crippen molar-refractivity contribution >= 4 is 0 Å². The second kappa shape index (κ2) is 6.00. The monoisotopic (exact) mass is 251 g/mol. The Morgan fingerprint density at radius 2 is 1.28 bits per heavy atom. The van der Waals surface area contributed by atoms with Crippen LogP contribution in [0.3, 0.4) is 0 Å². The van der Waals surface area contributed by atoms with Gasteiger partial charge < -0.3 is 0 Å². The Hall–Kier alpha value is -2.11. The number of rotatable bonds is 6. The van der Waals surface area contributed by atoms with Crippen LogP contribution in [0.4, 0.5) is 0 Å². The molecule has 18 heavy (non-hydrogen) atoms. The van der Waals surface area contributed by atoms with E-state index in [4.69, 9.17) is 0 Å². The van der Waals surface area contributed by atoms with E-state index in [1.165, 1.54) is 7.05 Å². The van der Waals surface area contributed by atoms with E-state index in [9.17, 15) is 14.4 Å². The Bertz CT molecular complexity index is 569. The summed E-state index contributed by atoms with van der Waals surface area (Å²) in [4.78, 5) is 35.6. The summed E-state index contributed by atoms with van der Waals surface area (Å²) in [5, 5.41) is 0. The lowest BCUT2D eigenvalue weighted by Crippen LogP contribution is -2.53. The average molecular weight is 251 g/mol. The predicted octanol–water partition coefficient (Wildman–Crippen LogP) is -0.139. The van der Waals surface area contributed by atoms with Gasteiger partial charge in [-0.2, -0.15) is 0 Å². The third kappa shape index (κ3) is 2.58. The lowest BCUT2D eigenvalue weighted by atomic mass is 10.4. The van der Waals surface area contributed by atoms with Gasteiger partial charge >= 0.3 is 17.1 Å². The first-order valence-corrected chi connectivity index (χ1v) is 5.67. The van der Waals surface area contributed by atoms with Crippen molar-refractivity contribution in [3.8, 4) is 0 Å². The average Bonchev–Trinajstić information content (AvgIpc) is 2.36. The Morgan fingerprint density at radius 3 is 1.61 bits per heavy atom. The normalized spacial score (nSPS) is 10.3. The quantitative estimate of drug-likeness (QED) is 0.661. The maximum atomic E-state index is 12.0. The van der Waals surface area contributed by atoms with Gasteiger partial charge in [0.2, 0.25) is 0 Å². The predicted molar refractivity (Wildman–Crippen MR) is 69.8 cm³/mol. The van der Waals surface area contributed by atoms with Crippen molar-refractivity contribution in [2.45, 2.75) is 25.9 Å². The van der Waals surface area contributed by atoms with Crippen molar-refractivity contribution in [1.29, 1.82) is 0 Å². The molecule has 1 rings (SSSR count). The first kappa shape index (κ1) is 14.0. The summed E-state index contributed by atoms with van der Waals surface area (Å²) in [5.74, 6) is 0. The van der Waals surface area contributed by atoms with Crippen LogP contribution in [0.1, 0.15) is 12.8 Å². The summed E-state index contributed by atoms with van der Waals surface area (Å²) in [6, 6.07) is 0. The van der Waals surface area contributed by atoms with Crippen LogP contribution < -0.4 is 17.1 Å². The second-order valence-electron chi connectivity index (χ2n) is 3.86. The van der Waals surface area contributed by atoms with E-state index < -0.39 is 17.1 Å². The highest BCUT2D eigenvalue weighted by atomic mass is 16.2. The molecule has 0 aromatic carbocycles.